The summed E-state index contributed by atoms with van der Waals surface area (Å²) in [6.45, 7) is 4.70. The van der Waals surface area contributed by atoms with Gasteiger partial charge in [0.2, 0.25) is 0 Å². The minimum atomic E-state index is -0.0877. The Morgan fingerprint density at radius 2 is 0.873 bits per heavy atom. The Bertz CT molecular complexity index is 2790. The number of anilines is 3. The van der Waals surface area contributed by atoms with Crippen LogP contribution in [0.1, 0.15) is 25.0 Å². The second-order valence-corrected chi connectivity index (χ2v) is 15.0. The van der Waals surface area contributed by atoms with Crippen molar-refractivity contribution in [1.29, 1.82) is 0 Å². The number of benzene rings is 8. The van der Waals surface area contributed by atoms with Crippen molar-refractivity contribution >= 4 is 28.0 Å². The second-order valence-electron chi connectivity index (χ2n) is 15.0. The molecule has 1 aliphatic carbocycles. The fourth-order valence-electron chi connectivity index (χ4n) is 8.57. The van der Waals surface area contributed by atoms with Gasteiger partial charge in [-0.2, -0.15) is 0 Å². The highest BCUT2D eigenvalue weighted by Gasteiger charge is 2.35. The number of hydrogen-bond donors (Lipinski definition) is 0. The average molecular weight is 705 g/mol. The smallest absolute Gasteiger partial charge is 0.0540 e. The molecule has 0 bridgehead atoms. The molecule has 8 aromatic carbocycles. The first kappa shape index (κ1) is 32.7. The maximum absolute atomic E-state index is 2.40. The van der Waals surface area contributed by atoms with E-state index in [1.807, 2.05) is 0 Å². The molecule has 0 unspecified atom stereocenters. The summed E-state index contributed by atoms with van der Waals surface area (Å²) in [5.74, 6) is 0. The number of aromatic nitrogens is 1. The molecular weight excluding hydrogens is 665 g/mol. The molecule has 0 amide bonds. The van der Waals surface area contributed by atoms with Crippen LogP contribution in [0.5, 0.6) is 0 Å². The molecule has 0 radical (unpaired) electrons. The van der Waals surface area contributed by atoms with Gasteiger partial charge < -0.3 is 9.47 Å². The first-order chi connectivity index (χ1) is 27.0. The summed E-state index contributed by atoms with van der Waals surface area (Å²) in [7, 11) is 0. The van der Waals surface area contributed by atoms with Crippen LogP contribution in [0.4, 0.5) is 17.1 Å². The van der Waals surface area contributed by atoms with Crippen molar-refractivity contribution in [3.05, 3.63) is 217 Å². The van der Waals surface area contributed by atoms with Crippen molar-refractivity contribution in [1.82, 2.24) is 4.57 Å². The molecular formula is C53H40N2. The highest BCUT2D eigenvalue weighted by atomic mass is 15.1. The summed E-state index contributed by atoms with van der Waals surface area (Å²) in [5.41, 5.74) is 18.2. The highest BCUT2D eigenvalue weighted by molar-refractivity contribution is 5.90. The highest BCUT2D eigenvalue weighted by Crippen LogP contribution is 2.50. The van der Waals surface area contributed by atoms with Gasteiger partial charge >= 0.3 is 0 Å². The Hall–Kier alpha value is -6.90. The summed E-state index contributed by atoms with van der Waals surface area (Å²) in [6, 6.07) is 75.0. The van der Waals surface area contributed by atoms with Crippen molar-refractivity contribution < 1.29 is 0 Å². The van der Waals surface area contributed by atoms with Gasteiger partial charge in [-0.3, -0.25) is 0 Å². The van der Waals surface area contributed by atoms with E-state index in [4.69, 9.17) is 0 Å². The second kappa shape index (κ2) is 13.2. The summed E-state index contributed by atoms with van der Waals surface area (Å²) >= 11 is 0. The van der Waals surface area contributed by atoms with E-state index in [-0.39, 0.29) is 5.41 Å². The van der Waals surface area contributed by atoms with Gasteiger partial charge in [-0.15, -0.1) is 0 Å². The van der Waals surface area contributed by atoms with Crippen molar-refractivity contribution in [2.45, 2.75) is 19.3 Å². The Labute approximate surface area is 323 Å². The van der Waals surface area contributed by atoms with Crippen molar-refractivity contribution in [2.75, 3.05) is 4.90 Å². The Balaban J connectivity index is 1.02. The van der Waals surface area contributed by atoms with Crippen LogP contribution < -0.4 is 4.90 Å². The lowest BCUT2D eigenvalue weighted by Crippen LogP contribution is -2.16. The molecule has 0 N–H and O–H groups in total. The molecule has 1 aromatic heterocycles. The molecule has 2 heteroatoms. The molecule has 1 heterocycles. The molecule has 0 spiro atoms. The largest absolute Gasteiger partial charge is 0.310 e. The van der Waals surface area contributed by atoms with Crippen molar-refractivity contribution in [3.8, 4) is 50.3 Å². The Kier molecular flexibility index (Phi) is 7.85. The predicted molar refractivity (Wildman–Crippen MR) is 232 cm³/mol. The van der Waals surface area contributed by atoms with Crippen LogP contribution in [0.15, 0.2) is 206 Å². The van der Waals surface area contributed by atoms with E-state index in [1.165, 1.54) is 66.7 Å². The van der Waals surface area contributed by atoms with Crippen LogP contribution in [-0.4, -0.2) is 4.57 Å². The molecule has 9 aromatic rings. The van der Waals surface area contributed by atoms with Crippen LogP contribution in [-0.2, 0) is 5.41 Å². The molecule has 0 atom stereocenters. The van der Waals surface area contributed by atoms with E-state index < -0.39 is 0 Å². The van der Waals surface area contributed by atoms with Gasteiger partial charge in [-0.05, 0) is 111 Å². The quantitative estimate of drug-likeness (QED) is 0.160. The van der Waals surface area contributed by atoms with E-state index in [1.54, 1.807) is 0 Å². The van der Waals surface area contributed by atoms with E-state index in [0.29, 0.717) is 0 Å². The number of fused-ring (bicyclic) bond motifs is 4. The predicted octanol–water partition coefficient (Wildman–Crippen LogP) is 14.4. The van der Waals surface area contributed by atoms with E-state index >= 15 is 0 Å². The first-order valence-corrected chi connectivity index (χ1v) is 19.1. The van der Waals surface area contributed by atoms with Gasteiger partial charge in [0, 0.05) is 33.6 Å². The van der Waals surface area contributed by atoms with Crippen LogP contribution in [0.2, 0.25) is 0 Å². The molecule has 0 fully saturated rings. The van der Waals surface area contributed by atoms with Gasteiger partial charge in [-0.1, -0.05) is 159 Å². The van der Waals surface area contributed by atoms with Gasteiger partial charge in [0.1, 0.15) is 0 Å². The summed E-state index contributed by atoms with van der Waals surface area (Å²) in [5, 5.41) is 1.23. The zero-order valence-electron chi connectivity index (χ0n) is 31.0. The van der Waals surface area contributed by atoms with Crippen LogP contribution >= 0.6 is 0 Å². The van der Waals surface area contributed by atoms with Crippen LogP contribution in [0.3, 0.4) is 0 Å². The molecule has 0 saturated heterocycles. The topological polar surface area (TPSA) is 8.17 Å². The van der Waals surface area contributed by atoms with E-state index in [9.17, 15) is 0 Å². The van der Waals surface area contributed by atoms with Crippen molar-refractivity contribution in [2.24, 2.45) is 0 Å². The zero-order chi connectivity index (χ0) is 36.9. The molecule has 0 aliphatic heterocycles. The van der Waals surface area contributed by atoms with Crippen molar-refractivity contribution in [3.63, 3.8) is 0 Å². The lowest BCUT2D eigenvalue weighted by molar-refractivity contribution is 0.660. The normalized spacial score (nSPS) is 12.7. The van der Waals surface area contributed by atoms with Gasteiger partial charge in [-0.25, -0.2) is 0 Å². The van der Waals surface area contributed by atoms with Gasteiger partial charge in [0.15, 0.2) is 0 Å². The minimum Gasteiger partial charge on any atom is -0.310 e. The van der Waals surface area contributed by atoms with E-state index in [2.05, 4.69) is 230 Å². The molecule has 1 aliphatic rings. The van der Waals surface area contributed by atoms with Gasteiger partial charge in [0.25, 0.3) is 0 Å². The van der Waals surface area contributed by atoms with Crippen LogP contribution in [0, 0.1) is 0 Å². The fourth-order valence-corrected chi connectivity index (χ4v) is 8.57. The minimum absolute atomic E-state index is 0.0877. The van der Waals surface area contributed by atoms with Gasteiger partial charge in [0.05, 0.1) is 11.2 Å². The Morgan fingerprint density at radius 3 is 1.53 bits per heavy atom. The third-order valence-corrected chi connectivity index (χ3v) is 11.4. The fraction of sp³-hybridized carbons (Fsp3) is 0.0566. The Morgan fingerprint density at radius 1 is 0.382 bits per heavy atom. The molecule has 10 rings (SSSR count). The van der Waals surface area contributed by atoms with E-state index in [0.717, 1.165) is 22.7 Å². The monoisotopic (exact) mass is 704 g/mol. The number of nitrogens with zero attached hydrogens (tertiary/aromatic N) is 2. The van der Waals surface area contributed by atoms with Crippen LogP contribution in [0.25, 0.3) is 61.2 Å². The molecule has 262 valence electrons. The SMILES string of the molecule is CC1(C)c2ccccc2-c2ccc(N(c3ccc(-c4ccccc4)cc3)c3ccc(-c4ccc(-n5c(-c6ccccc6)cc6ccccc65)cc4)cc3)cc21. The third kappa shape index (κ3) is 5.66. The summed E-state index contributed by atoms with van der Waals surface area (Å²) < 4.78 is 2.37. The molecule has 55 heavy (non-hydrogen) atoms. The number of para-hydroxylation sites is 1. The standard InChI is InChI=1S/C53H40N2/c1-53(2)49-19-11-10-18-47(49)48-34-33-46(36-50(48)53)54(43-27-21-38(22-28-43)37-13-5-3-6-14-37)44-29-23-39(24-30-44)40-25-31-45(32-26-40)55-51-20-12-9-17-42(51)35-52(55)41-15-7-4-8-16-41/h3-36H,1-2H3. The molecule has 2 nitrogen and oxygen atoms in total. The number of hydrogen-bond acceptors (Lipinski definition) is 1. The first-order valence-electron chi connectivity index (χ1n) is 19.1. The summed E-state index contributed by atoms with van der Waals surface area (Å²) in [4.78, 5) is 2.39. The lowest BCUT2D eigenvalue weighted by atomic mass is 9.82. The maximum atomic E-state index is 2.40. The summed E-state index contributed by atoms with van der Waals surface area (Å²) in [6.07, 6.45) is 0. The lowest BCUT2D eigenvalue weighted by Gasteiger charge is -2.28. The number of rotatable bonds is 7. The molecule has 0 saturated carbocycles. The average Bonchev–Trinajstić information content (AvgIpc) is 3.75. The third-order valence-electron chi connectivity index (χ3n) is 11.4. The zero-order valence-corrected chi connectivity index (χ0v) is 31.0. The maximum Gasteiger partial charge on any atom is 0.0540 e.